The van der Waals surface area contributed by atoms with Crippen LogP contribution in [0.2, 0.25) is 0 Å². The molecular formula is C4H4BCl2IO2P. The van der Waals surface area contributed by atoms with Crippen LogP contribution in [0.5, 0.6) is 0 Å². The van der Waals surface area contributed by atoms with Gasteiger partial charge in [0.2, 0.25) is 15.3 Å². The average Bonchev–Trinajstić information content (AvgIpc) is 1.86. The lowest BCUT2D eigenvalue weighted by molar-refractivity contribution is -0.116. The highest BCUT2D eigenvalue weighted by atomic mass is 127. The summed E-state index contributed by atoms with van der Waals surface area (Å²) in [5.41, 5.74) is -0.432. The quantitative estimate of drug-likeness (QED) is 0.335. The Hall–Kier alpha value is 1.14. The second-order valence-electron chi connectivity index (χ2n) is 1.69. The largest absolute Gasteiger partial charge is 0.281 e. The molecule has 0 amide bonds. The maximum Gasteiger partial charge on any atom is 0.230 e. The molecule has 0 heterocycles. The molecule has 2 nitrogen and oxygen atoms in total. The van der Waals surface area contributed by atoms with E-state index < -0.39 is 16.1 Å². The molecule has 1 radical (unpaired) electrons. The lowest BCUT2D eigenvalue weighted by atomic mass is 10.3. The molecule has 0 aliphatic rings. The zero-order chi connectivity index (χ0) is 8.85. The van der Waals surface area contributed by atoms with Crippen molar-refractivity contribution in [3.8, 4) is 0 Å². The fourth-order valence-electron chi connectivity index (χ4n) is 0.441. The molecule has 0 bridgehead atoms. The number of halogens is 3. The van der Waals surface area contributed by atoms with Crippen molar-refractivity contribution in [1.29, 1.82) is 0 Å². The molecule has 2 atom stereocenters. The third-order valence-corrected chi connectivity index (χ3v) is 3.58. The van der Waals surface area contributed by atoms with E-state index in [0.717, 1.165) is 0 Å². The first kappa shape index (κ1) is 12.1. The third-order valence-electron chi connectivity index (χ3n) is 0.903. The van der Waals surface area contributed by atoms with E-state index in [1.54, 1.807) is 4.86 Å². The van der Waals surface area contributed by atoms with Crippen molar-refractivity contribution >= 4 is 69.4 Å². The van der Waals surface area contributed by atoms with Gasteiger partial charge in [0, 0.05) is 6.42 Å². The second kappa shape index (κ2) is 6.64. The summed E-state index contributed by atoms with van der Waals surface area (Å²) in [6.07, 6.45) is 0.0296. The first-order valence-electron chi connectivity index (χ1n) is 2.63. The summed E-state index contributed by atoms with van der Waals surface area (Å²) >= 11 is 12.3. The van der Waals surface area contributed by atoms with Crippen LogP contribution in [0.1, 0.15) is 6.42 Å². The van der Waals surface area contributed by atoms with Crippen molar-refractivity contribution in [2.75, 3.05) is 0 Å². The van der Waals surface area contributed by atoms with Gasteiger partial charge in [-0.2, -0.15) is 22.4 Å². The molecule has 7 heteroatoms. The van der Waals surface area contributed by atoms with Crippen molar-refractivity contribution in [3.63, 3.8) is 0 Å². The van der Waals surface area contributed by atoms with Crippen LogP contribution in [0, 0.1) is 0 Å². The molecule has 0 aliphatic heterocycles. The lowest BCUT2D eigenvalue weighted by Gasteiger charge is -2.05. The van der Waals surface area contributed by atoms with E-state index in [1.807, 2.05) is 22.4 Å². The Balaban J connectivity index is 3.89. The van der Waals surface area contributed by atoms with E-state index in [4.69, 9.17) is 23.2 Å². The monoisotopic (exact) mass is 323 g/mol. The highest BCUT2D eigenvalue weighted by Gasteiger charge is 2.18. The minimum atomic E-state index is -0.519. The van der Waals surface area contributed by atoms with E-state index in [1.165, 1.54) is 0 Å². The highest BCUT2D eigenvalue weighted by molar-refractivity contribution is 14.1. The minimum absolute atomic E-state index is 0.0296. The molecule has 61 valence electrons. The van der Waals surface area contributed by atoms with Crippen LogP contribution in [0.4, 0.5) is 0 Å². The van der Waals surface area contributed by atoms with E-state index in [0.29, 0.717) is 0 Å². The SMILES string of the molecule is O=C(Cl)CC(P[B]I)C(=O)Cl. The van der Waals surface area contributed by atoms with Gasteiger partial charge in [-0.3, -0.25) is 9.59 Å². The van der Waals surface area contributed by atoms with Gasteiger partial charge in [0.15, 0.2) is 0 Å². The van der Waals surface area contributed by atoms with Crippen molar-refractivity contribution in [3.05, 3.63) is 0 Å². The average molecular weight is 324 g/mol. The molecule has 0 spiro atoms. The summed E-state index contributed by atoms with van der Waals surface area (Å²) in [6, 6.07) is 0. The van der Waals surface area contributed by atoms with Gasteiger partial charge in [-0.25, -0.2) is 0 Å². The Morgan fingerprint density at radius 2 is 2.09 bits per heavy atom. The highest BCUT2D eigenvalue weighted by Crippen LogP contribution is 2.25. The van der Waals surface area contributed by atoms with Crippen molar-refractivity contribution in [2.45, 2.75) is 12.1 Å². The maximum atomic E-state index is 10.6. The molecule has 0 fully saturated rings. The smallest absolute Gasteiger partial charge is 0.230 e. The van der Waals surface area contributed by atoms with Crippen molar-refractivity contribution in [2.24, 2.45) is 0 Å². The van der Waals surface area contributed by atoms with E-state index >= 15 is 0 Å². The fraction of sp³-hybridized carbons (Fsp3) is 0.500. The summed E-state index contributed by atoms with van der Waals surface area (Å²) in [6.45, 7) is 0. The predicted octanol–water partition coefficient (Wildman–Crippen LogP) is 1.92. The van der Waals surface area contributed by atoms with Crippen LogP contribution < -0.4 is 0 Å². The van der Waals surface area contributed by atoms with Gasteiger partial charge < -0.3 is 0 Å². The topological polar surface area (TPSA) is 34.1 Å². The Kier molecular flexibility index (Phi) is 7.33. The molecule has 2 unspecified atom stereocenters. The zero-order valence-electron chi connectivity index (χ0n) is 5.31. The molecule has 0 aliphatic carbocycles. The second-order valence-corrected chi connectivity index (χ2v) is 5.60. The normalized spacial score (nSPS) is 13.4. The molecule has 0 saturated carbocycles. The molecule has 11 heavy (non-hydrogen) atoms. The Bertz CT molecular complexity index is 168. The van der Waals surface area contributed by atoms with Gasteiger partial charge >= 0.3 is 0 Å². The first-order chi connectivity index (χ1) is 5.07. The minimum Gasteiger partial charge on any atom is -0.281 e. The number of rotatable bonds is 5. The first-order valence-corrected chi connectivity index (χ1v) is 5.79. The van der Waals surface area contributed by atoms with Crippen LogP contribution in [0.3, 0.4) is 0 Å². The van der Waals surface area contributed by atoms with Gasteiger partial charge in [0.1, 0.15) is 0 Å². The molecule has 0 rings (SSSR count). The van der Waals surface area contributed by atoms with Gasteiger partial charge in [0.05, 0.1) is 5.66 Å². The van der Waals surface area contributed by atoms with Crippen LogP contribution in [-0.2, 0) is 9.59 Å². The lowest BCUT2D eigenvalue weighted by Crippen LogP contribution is -2.13. The van der Waals surface area contributed by atoms with Crippen LogP contribution in [0.25, 0.3) is 0 Å². The van der Waals surface area contributed by atoms with Crippen molar-refractivity contribution in [1.82, 2.24) is 0 Å². The van der Waals surface area contributed by atoms with Crippen molar-refractivity contribution < 1.29 is 9.59 Å². The van der Waals surface area contributed by atoms with E-state index in [-0.39, 0.29) is 14.9 Å². The maximum absolute atomic E-state index is 10.6. The summed E-state index contributed by atoms with van der Waals surface area (Å²) in [5.74, 6) is 0. The summed E-state index contributed by atoms with van der Waals surface area (Å²) in [4.78, 5) is 22.8. The Morgan fingerprint density at radius 3 is 2.36 bits per heavy atom. The van der Waals surface area contributed by atoms with Gasteiger partial charge in [-0.1, -0.05) is 0 Å². The van der Waals surface area contributed by atoms with Gasteiger partial charge in [-0.15, -0.1) is 8.46 Å². The van der Waals surface area contributed by atoms with E-state index in [2.05, 4.69) is 0 Å². The number of carbonyl (C=O) groups excluding carboxylic acids is 2. The molecule has 0 aromatic heterocycles. The molecule has 0 aromatic carbocycles. The Labute approximate surface area is 90.6 Å². The predicted molar refractivity (Wildman–Crippen MR) is 58.2 cm³/mol. The van der Waals surface area contributed by atoms with Crippen LogP contribution in [0.15, 0.2) is 0 Å². The van der Waals surface area contributed by atoms with E-state index in [9.17, 15) is 9.59 Å². The zero-order valence-corrected chi connectivity index (χ0v) is 9.98. The van der Waals surface area contributed by atoms with Gasteiger partial charge in [0.25, 0.3) is 0 Å². The number of hydrogen-bond donors (Lipinski definition) is 0. The fourth-order valence-corrected chi connectivity index (χ4v) is 2.88. The number of hydrogen-bond acceptors (Lipinski definition) is 2. The van der Waals surface area contributed by atoms with Crippen LogP contribution in [-0.4, -0.2) is 21.0 Å². The van der Waals surface area contributed by atoms with Crippen LogP contribution >= 0.6 is 54.0 Å². The molecule has 0 saturated heterocycles. The standard InChI is InChI=1S/C4H4BCl2IO2P/c6-3(9)1-2(4(7)10)11-5-8/h2,11H,1H2. The summed E-state index contributed by atoms with van der Waals surface area (Å²) < 4.78 is 0. The van der Waals surface area contributed by atoms with Gasteiger partial charge in [-0.05, 0) is 23.2 Å². The third kappa shape index (κ3) is 6.32. The number of carbonyl (C=O) groups is 2. The summed E-state index contributed by atoms with van der Waals surface area (Å²) in [5, 5.41) is -1.01. The summed E-state index contributed by atoms with van der Waals surface area (Å²) in [7, 11) is 0.254. The Morgan fingerprint density at radius 1 is 1.55 bits per heavy atom. The molecule has 0 N–H and O–H groups in total. The molecule has 0 aromatic rings. The molecular weight excluding hydrogens is 320 g/mol.